The van der Waals surface area contributed by atoms with Crippen molar-refractivity contribution in [3.8, 4) is 0 Å². The van der Waals surface area contributed by atoms with Crippen LogP contribution in [0, 0.1) is 0 Å². The highest BCUT2D eigenvalue weighted by atomic mass is 16.5. The standard InChI is InChI=1S/C44H78NO2/c1-6-8-10-12-14-16-18-20-22-24-26-28-30-32-34-36-39-43(47-44(46)41-38-42-45(3,4)5)40-37-35-33-31-29-27-25-23-21-19-17-15-13-11-9-7-2/h10-13,16-19,22-25,43H,6-9,14-15,20-21,26-42H2,1-5H3/q+1/b12-10-,13-11-,18-16-,19-17-,24-22-,25-23-. The zero-order valence-electron chi connectivity index (χ0n) is 31.9. The molecule has 0 aromatic rings. The van der Waals surface area contributed by atoms with Crippen LogP contribution in [0.5, 0.6) is 0 Å². The third-order valence-electron chi connectivity index (χ3n) is 8.30. The number of hydrogen-bond acceptors (Lipinski definition) is 2. The van der Waals surface area contributed by atoms with Gasteiger partial charge in [-0.2, -0.15) is 0 Å². The van der Waals surface area contributed by atoms with Crippen LogP contribution in [0.3, 0.4) is 0 Å². The molecule has 0 aliphatic carbocycles. The Hall–Kier alpha value is -2.13. The van der Waals surface area contributed by atoms with E-state index in [0.29, 0.717) is 6.42 Å². The maximum Gasteiger partial charge on any atom is 0.306 e. The SMILES string of the molecule is CCC/C=C\C/C=C\C/C=C\CCCCCCCC(CCCCCCC/C=C\C/C=C\C/C=C\CCC)OC(=O)CCC[N+](C)(C)C. The van der Waals surface area contributed by atoms with E-state index in [0.717, 1.165) is 56.0 Å². The summed E-state index contributed by atoms with van der Waals surface area (Å²) in [6.07, 6.45) is 55.0. The molecule has 0 spiro atoms. The van der Waals surface area contributed by atoms with Gasteiger partial charge in [0.05, 0.1) is 34.1 Å². The average molecular weight is 653 g/mol. The predicted octanol–water partition coefficient (Wildman–Crippen LogP) is 13.3. The number of unbranched alkanes of at least 4 members (excludes halogenated alkanes) is 12. The molecule has 0 atom stereocenters. The van der Waals surface area contributed by atoms with E-state index < -0.39 is 0 Å². The summed E-state index contributed by atoms with van der Waals surface area (Å²) in [6.45, 7) is 5.44. The summed E-state index contributed by atoms with van der Waals surface area (Å²) in [5.41, 5.74) is 0. The second-order valence-corrected chi connectivity index (χ2v) is 14.3. The van der Waals surface area contributed by atoms with Gasteiger partial charge < -0.3 is 9.22 Å². The van der Waals surface area contributed by atoms with Crippen LogP contribution in [0.1, 0.15) is 168 Å². The van der Waals surface area contributed by atoms with E-state index in [4.69, 9.17) is 4.74 Å². The van der Waals surface area contributed by atoms with E-state index in [9.17, 15) is 4.79 Å². The molecular formula is C44H78NO2+. The van der Waals surface area contributed by atoms with Crippen molar-refractivity contribution in [2.45, 2.75) is 174 Å². The highest BCUT2D eigenvalue weighted by Crippen LogP contribution is 2.18. The Morgan fingerprint density at radius 2 is 0.851 bits per heavy atom. The second kappa shape index (κ2) is 35.2. The molecule has 3 nitrogen and oxygen atoms in total. The van der Waals surface area contributed by atoms with Crippen LogP contribution in [-0.2, 0) is 9.53 Å². The van der Waals surface area contributed by atoms with Crippen molar-refractivity contribution >= 4 is 5.97 Å². The molecule has 0 aromatic carbocycles. The molecule has 0 radical (unpaired) electrons. The van der Waals surface area contributed by atoms with Crippen molar-refractivity contribution in [3.63, 3.8) is 0 Å². The molecule has 0 fully saturated rings. The minimum atomic E-state index is 0.00706. The summed E-state index contributed by atoms with van der Waals surface area (Å²) in [5.74, 6) is 0.00706. The molecule has 47 heavy (non-hydrogen) atoms. The van der Waals surface area contributed by atoms with Crippen LogP contribution in [0.15, 0.2) is 72.9 Å². The number of carbonyl (C=O) groups excluding carboxylic acids is 1. The molecule has 270 valence electrons. The fourth-order valence-corrected chi connectivity index (χ4v) is 5.42. The van der Waals surface area contributed by atoms with Crippen LogP contribution in [-0.4, -0.2) is 44.2 Å². The maximum atomic E-state index is 12.6. The topological polar surface area (TPSA) is 26.3 Å². The van der Waals surface area contributed by atoms with Crippen molar-refractivity contribution in [2.24, 2.45) is 0 Å². The fraction of sp³-hybridized carbons (Fsp3) is 0.705. The quantitative estimate of drug-likeness (QED) is 0.0305. The molecule has 0 aliphatic heterocycles. The van der Waals surface area contributed by atoms with Crippen LogP contribution >= 0.6 is 0 Å². The Bertz CT molecular complexity index is 801. The van der Waals surface area contributed by atoms with Crippen LogP contribution in [0.4, 0.5) is 0 Å². The van der Waals surface area contributed by atoms with Crippen molar-refractivity contribution < 1.29 is 14.0 Å². The maximum absolute atomic E-state index is 12.6. The number of esters is 1. The van der Waals surface area contributed by atoms with Crippen molar-refractivity contribution in [1.29, 1.82) is 0 Å². The van der Waals surface area contributed by atoms with E-state index in [-0.39, 0.29) is 12.1 Å². The van der Waals surface area contributed by atoms with Gasteiger partial charge in [0.15, 0.2) is 0 Å². The van der Waals surface area contributed by atoms with Crippen LogP contribution < -0.4 is 0 Å². The van der Waals surface area contributed by atoms with Crippen molar-refractivity contribution in [2.75, 3.05) is 27.7 Å². The van der Waals surface area contributed by atoms with Gasteiger partial charge in [0.2, 0.25) is 0 Å². The predicted molar refractivity (Wildman–Crippen MR) is 210 cm³/mol. The lowest BCUT2D eigenvalue weighted by molar-refractivity contribution is -0.870. The third kappa shape index (κ3) is 38.2. The first-order valence-electron chi connectivity index (χ1n) is 19.8. The zero-order valence-corrected chi connectivity index (χ0v) is 31.9. The van der Waals surface area contributed by atoms with Crippen molar-refractivity contribution in [3.05, 3.63) is 72.9 Å². The highest BCUT2D eigenvalue weighted by Gasteiger charge is 2.16. The zero-order chi connectivity index (χ0) is 34.5. The lowest BCUT2D eigenvalue weighted by atomic mass is 10.0. The summed E-state index contributed by atoms with van der Waals surface area (Å²) >= 11 is 0. The number of rotatable bonds is 33. The largest absolute Gasteiger partial charge is 0.462 e. The molecule has 0 bridgehead atoms. The minimum absolute atomic E-state index is 0.00706. The summed E-state index contributed by atoms with van der Waals surface area (Å²) in [4.78, 5) is 12.6. The molecule has 0 unspecified atom stereocenters. The Morgan fingerprint density at radius 1 is 0.489 bits per heavy atom. The van der Waals surface area contributed by atoms with Gasteiger partial charge in [-0.25, -0.2) is 0 Å². The lowest BCUT2D eigenvalue weighted by Crippen LogP contribution is -2.35. The van der Waals surface area contributed by atoms with Gasteiger partial charge in [-0.05, 0) is 89.9 Å². The summed E-state index contributed by atoms with van der Waals surface area (Å²) in [6, 6.07) is 0. The molecule has 3 heteroatoms. The first-order valence-corrected chi connectivity index (χ1v) is 19.8. The molecule has 0 amide bonds. The van der Waals surface area contributed by atoms with E-state index >= 15 is 0 Å². The molecule has 0 aliphatic rings. The molecule has 0 aromatic heterocycles. The van der Waals surface area contributed by atoms with E-state index in [2.05, 4.69) is 108 Å². The van der Waals surface area contributed by atoms with E-state index in [1.54, 1.807) is 0 Å². The van der Waals surface area contributed by atoms with E-state index in [1.807, 2.05) is 0 Å². The van der Waals surface area contributed by atoms with Crippen LogP contribution in [0.25, 0.3) is 0 Å². The van der Waals surface area contributed by atoms with Gasteiger partial charge in [0, 0.05) is 6.42 Å². The van der Waals surface area contributed by atoms with Gasteiger partial charge in [-0.3, -0.25) is 4.79 Å². The van der Waals surface area contributed by atoms with E-state index in [1.165, 1.54) is 103 Å². The Kier molecular flexibility index (Phi) is 33.6. The molecular weight excluding hydrogens is 574 g/mol. The van der Waals surface area contributed by atoms with Crippen molar-refractivity contribution in [1.82, 2.24) is 0 Å². The van der Waals surface area contributed by atoms with Gasteiger partial charge in [0.25, 0.3) is 0 Å². The Morgan fingerprint density at radius 3 is 1.26 bits per heavy atom. The molecule has 0 rings (SSSR count). The number of carbonyl (C=O) groups is 1. The number of nitrogens with zero attached hydrogens (tertiary/aromatic N) is 1. The Labute approximate surface area is 294 Å². The monoisotopic (exact) mass is 653 g/mol. The normalized spacial score (nSPS) is 13.0. The Balaban J connectivity index is 4.15. The molecule has 0 heterocycles. The molecule has 0 saturated heterocycles. The lowest BCUT2D eigenvalue weighted by Gasteiger charge is -2.24. The minimum Gasteiger partial charge on any atom is -0.462 e. The number of hydrogen-bond donors (Lipinski definition) is 0. The van der Waals surface area contributed by atoms with Gasteiger partial charge in [0.1, 0.15) is 6.10 Å². The number of quaternary nitrogens is 1. The van der Waals surface area contributed by atoms with Gasteiger partial charge >= 0.3 is 5.97 Å². The summed E-state index contributed by atoms with van der Waals surface area (Å²) in [7, 11) is 6.54. The highest BCUT2D eigenvalue weighted by molar-refractivity contribution is 5.69. The van der Waals surface area contributed by atoms with Gasteiger partial charge in [-0.15, -0.1) is 0 Å². The molecule has 0 N–H and O–H groups in total. The molecule has 0 saturated carbocycles. The average Bonchev–Trinajstić information content (AvgIpc) is 3.03. The second-order valence-electron chi connectivity index (χ2n) is 14.3. The van der Waals surface area contributed by atoms with Gasteiger partial charge in [-0.1, -0.05) is 138 Å². The smallest absolute Gasteiger partial charge is 0.306 e. The number of allylic oxidation sites excluding steroid dienone is 12. The first kappa shape index (κ1) is 44.9. The van der Waals surface area contributed by atoms with Crippen LogP contribution in [0.2, 0.25) is 0 Å². The summed E-state index contributed by atoms with van der Waals surface area (Å²) < 4.78 is 6.92. The number of ether oxygens (including phenoxy) is 1. The fourth-order valence-electron chi connectivity index (χ4n) is 5.42. The summed E-state index contributed by atoms with van der Waals surface area (Å²) in [5, 5.41) is 0. The third-order valence-corrected chi connectivity index (χ3v) is 8.30. The first-order chi connectivity index (χ1) is 22.9.